The summed E-state index contributed by atoms with van der Waals surface area (Å²) in [5, 5.41) is 7.30. The van der Waals surface area contributed by atoms with Gasteiger partial charge in [0.05, 0.1) is 17.2 Å². The zero-order valence-electron chi connectivity index (χ0n) is 14.9. The summed E-state index contributed by atoms with van der Waals surface area (Å²) in [4.78, 5) is 28.9. The van der Waals surface area contributed by atoms with E-state index in [9.17, 15) is 9.59 Å². The van der Waals surface area contributed by atoms with Crippen LogP contribution in [-0.4, -0.2) is 46.8 Å². The molecule has 2 N–H and O–H groups in total. The molecule has 2 fully saturated rings. The molecule has 2 atom stereocenters. The normalized spacial score (nSPS) is 23.6. The van der Waals surface area contributed by atoms with E-state index in [1.54, 1.807) is 25.2 Å². The average molecular weight is 356 g/mol. The average Bonchev–Trinajstić information content (AvgIpc) is 2.66. The number of aromatic nitrogens is 2. The molecule has 0 spiro atoms. The fraction of sp³-hybridized carbons (Fsp3) is 0.526. The van der Waals surface area contributed by atoms with Gasteiger partial charge in [-0.1, -0.05) is 0 Å². The number of rotatable bonds is 4. The van der Waals surface area contributed by atoms with Crippen molar-refractivity contribution in [3.05, 3.63) is 40.4 Å². The Kier molecular flexibility index (Phi) is 4.74. The topological polar surface area (TPSA) is 85.2 Å². The Hall–Kier alpha value is -2.25. The number of aryl methyl sites for hydroxylation is 1. The molecule has 1 aliphatic heterocycles. The molecule has 26 heavy (non-hydrogen) atoms. The number of nitrogens with one attached hydrogen (secondary N) is 2. The Bertz CT molecular complexity index is 873. The summed E-state index contributed by atoms with van der Waals surface area (Å²) < 4.78 is 6.83. The molecule has 2 aliphatic rings. The van der Waals surface area contributed by atoms with E-state index >= 15 is 0 Å². The lowest BCUT2D eigenvalue weighted by molar-refractivity contribution is 0.0652. The van der Waals surface area contributed by atoms with Crippen LogP contribution < -0.4 is 16.2 Å². The van der Waals surface area contributed by atoms with Crippen molar-refractivity contribution in [2.24, 2.45) is 7.05 Å². The fourth-order valence-electron chi connectivity index (χ4n) is 3.64. The van der Waals surface area contributed by atoms with Crippen molar-refractivity contribution in [3.8, 4) is 0 Å². The second-order valence-corrected chi connectivity index (χ2v) is 7.21. The lowest BCUT2D eigenvalue weighted by Gasteiger charge is -2.41. The molecule has 7 heteroatoms. The minimum Gasteiger partial charge on any atom is -0.381 e. The fourth-order valence-corrected chi connectivity index (χ4v) is 3.64. The SMILES string of the molecule is Cn1cnc2cc(C(=O)NC3CCC3NC3CCOCC3)ccc2c1=O. The van der Waals surface area contributed by atoms with Crippen LogP contribution in [0.1, 0.15) is 36.0 Å². The highest BCUT2D eigenvalue weighted by Gasteiger charge is 2.34. The van der Waals surface area contributed by atoms with Gasteiger partial charge < -0.3 is 19.9 Å². The predicted octanol–water partition coefficient (Wildman–Crippen LogP) is 0.963. The molecule has 1 saturated carbocycles. The van der Waals surface area contributed by atoms with Gasteiger partial charge in [-0.15, -0.1) is 0 Å². The molecule has 2 unspecified atom stereocenters. The number of hydrogen-bond acceptors (Lipinski definition) is 5. The monoisotopic (exact) mass is 356 g/mol. The van der Waals surface area contributed by atoms with Crippen LogP contribution in [0.25, 0.3) is 10.9 Å². The van der Waals surface area contributed by atoms with Gasteiger partial charge in [-0.3, -0.25) is 9.59 Å². The van der Waals surface area contributed by atoms with Crippen molar-refractivity contribution >= 4 is 16.8 Å². The van der Waals surface area contributed by atoms with Crippen molar-refractivity contribution < 1.29 is 9.53 Å². The van der Waals surface area contributed by atoms with Crippen molar-refractivity contribution in [2.45, 2.75) is 43.8 Å². The van der Waals surface area contributed by atoms with E-state index in [1.165, 1.54) is 10.9 Å². The smallest absolute Gasteiger partial charge is 0.260 e. The molecule has 1 amide bonds. The number of hydrogen-bond donors (Lipinski definition) is 2. The molecule has 0 radical (unpaired) electrons. The maximum Gasteiger partial charge on any atom is 0.260 e. The molecule has 1 saturated heterocycles. The van der Waals surface area contributed by atoms with E-state index < -0.39 is 0 Å². The highest BCUT2D eigenvalue weighted by Crippen LogP contribution is 2.23. The minimum absolute atomic E-state index is 0.110. The Morgan fingerprint density at radius 3 is 2.69 bits per heavy atom. The largest absolute Gasteiger partial charge is 0.381 e. The summed E-state index contributed by atoms with van der Waals surface area (Å²) >= 11 is 0. The van der Waals surface area contributed by atoms with Crippen LogP contribution in [0.3, 0.4) is 0 Å². The van der Waals surface area contributed by atoms with Crippen molar-refractivity contribution in [1.29, 1.82) is 0 Å². The summed E-state index contributed by atoms with van der Waals surface area (Å²) in [7, 11) is 1.66. The first kappa shape index (κ1) is 17.2. The van der Waals surface area contributed by atoms with Crippen molar-refractivity contribution in [2.75, 3.05) is 13.2 Å². The zero-order valence-corrected chi connectivity index (χ0v) is 14.9. The zero-order chi connectivity index (χ0) is 18.1. The first-order chi connectivity index (χ1) is 12.6. The molecule has 1 aliphatic carbocycles. The van der Waals surface area contributed by atoms with Gasteiger partial charge in [0.15, 0.2) is 0 Å². The van der Waals surface area contributed by atoms with Gasteiger partial charge in [-0.25, -0.2) is 4.98 Å². The summed E-state index contributed by atoms with van der Waals surface area (Å²) in [6, 6.07) is 6.02. The van der Waals surface area contributed by atoms with E-state index in [2.05, 4.69) is 15.6 Å². The van der Waals surface area contributed by atoms with Gasteiger partial charge >= 0.3 is 0 Å². The summed E-state index contributed by atoms with van der Waals surface area (Å²) in [5.41, 5.74) is 0.975. The standard InChI is InChI=1S/C19H24N4O3/c1-23-11-20-17-10-12(2-3-14(17)19(23)25)18(24)22-16-5-4-15(16)21-13-6-8-26-9-7-13/h2-3,10-11,13,15-16,21H,4-9H2,1H3,(H,22,24). The van der Waals surface area contributed by atoms with Gasteiger partial charge in [0.1, 0.15) is 0 Å². The first-order valence-corrected chi connectivity index (χ1v) is 9.22. The Morgan fingerprint density at radius 1 is 1.19 bits per heavy atom. The molecule has 4 rings (SSSR count). The first-order valence-electron chi connectivity index (χ1n) is 9.22. The number of fused-ring (bicyclic) bond motifs is 1. The molecule has 7 nitrogen and oxygen atoms in total. The molecule has 2 heterocycles. The Labute approximate surface area is 151 Å². The molecule has 2 aromatic rings. The van der Waals surface area contributed by atoms with Crippen LogP contribution in [0, 0.1) is 0 Å². The number of carbonyl (C=O) groups excluding carboxylic acids is 1. The van der Waals surface area contributed by atoms with Crippen LogP contribution in [-0.2, 0) is 11.8 Å². The summed E-state index contributed by atoms with van der Waals surface area (Å²) in [6.45, 7) is 1.62. The van der Waals surface area contributed by atoms with Gasteiger partial charge in [0.25, 0.3) is 11.5 Å². The van der Waals surface area contributed by atoms with E-state index in [-0.39, 0.29) is 17.5 Å². The Balaban J connectivity index is 1.42. The molecule has 1 aromatic heterocycles. The minimum atomic E-state index is -0.113. The van der Waals surface area contributed by atoms with E-state index in [4.69, 9.17) is 4.74 Å². The molecule has 0 bridgehead atoms. The van der Waals surface area contributed by atoms with Crippen LogP contribution in [0.4, 0.5) is 0 Å². The highest BCUT2D eigenvalue weighted by molar-refractivity contribution is 5.97. The predicted molar refractivity (Wildman–Crippen MR) is 98.2 cm³/mol. The quantitative estimate of drug-likeness (QED) is 0.852. The van der Waals surface area contributed by atoms with Crippen LogP contribution in [0.15, 0.2) is 29.3 Å². The lowest BCUT2D eigenvalue weighted by atomic mass is 9.85. The third-order valence-corrected chi connectivity index (χ3v) is 5.44. The van der Waals surface area contributed by atoms with Gasteiger partial charge in [0, 0.05) is 44.0 Å². The van der Waals surface area contributed by atoms with E-state index in [0.29, 0.717) is 28.6 Å². The number of benzene rings is 1. The van der Waals surface area contributed by atoms with Crippen molar-refractivity contribution in [3.63, 3.8) is 0 Å². The molecule has 1 aromatic carbocycles. The van der Waals surface area contributed by atoms with Crippen molar-refractivity contribution in [1.82, 2.24) is 20.2 Å². The number of nitrogens with zero attached hydrogens (tertiary/aromatic N) is 2. The maximum atomic E-state index is 12.6. The highest BCUT2D eigenvalue weighted by atomic mass is 16.5. The third-order valence-electron chi connectivity index (χ3n) is 5.44. The van der Waals surface area contributed by atoms with Crippen LogP contribution in [0.2, 0.25) is 0 Å². The number of amides is 1. The molecular weight excluding hydrogens is 332 g/mol. The second kappa shape index (κ2) is 7.17. The van der Waals surface area contributed by atoms with Gasteiger partial charge in [0.2, 0.25) is 0 Å². The Morgan fingerprint density at radius 2 is 1.96 bits per heavy atom. The summed E-state index contributed by atoms with van der Waals surface area (Å²) in [6.07, 6.45) is 5.60. The van der Waals surface area contributed by atoms with E-state index in [0.717, 1.165) is 38.9 Å². The van der Waals surface area contributed by atoms with Gasteiger partial charge in [-0.05, 0) is 43.9 Å². The van der Waals surface area contributed by atoms with Gasteiger partial charge in [-0.2, -0.15) is 0 Å². The number of ether oxygens (including phenoxy) is 1. The second-order valence-electron chi connectivity index (χ2n) is 7.21. The van der Waals surface area contributed by atoms with Crippen LogP contribution in [0.5, 0.6) is 0 Å². The molecular formula is C19H24N4O3. The van der Waals surface area contributed by atoms with E-state index in [1.807, 2.05) is 0 Å². The van der Waals surface area contributed by atoms with Crippen LogP contribution >= 0.6 is 0 Å². The maximum absolute atomic E-state index is 12.6. The lowest BCUT2D eigenvalue weighted by Crippen LogP contribution is -2.59. The molecule has 138 valence electrons. The summed E-state index contributed by atoms with van der Waals surface area (Å²) in [5.74, 6) is -0.113. The number of carbonyl (C=O) groups is 1. The third kappa shape index (κ3) is 3.37.